The van der Waals surface area contributed by atoms with Gasteiger partial charge in [0, 0.05) is 18.0 Å². The van der Waals surface area contributed by atoms with E-state index in [1.54, 1.807) is 48.9 Å². The van der Waals surface area contributed by atoms with E-state index in [1.165, 1.54) is 12.1 Å². The van der Waals surface area contributed by atoms with Crippen LogP contribution in [-0.2, 0) is 26.4 Å². The quantitative estimate of drug-likeness (QED) is 0.439. The molecule has 0 aliphatic carbocycles. The second-order valence-corrected chi connectivity index (χ2v) is 9.62. The number of aryl methyl sites for hydroxylation is 1. The number of hydrogen-bond donors (Lipinski definition) is 1. The van der Waals surface area contributed by atoms with Crippen molar-refractivity contribution in [2.75, 3.05) is 12.9 Å². The van der Waals surface area contributed by atoms with E-state index in [0.717, 1.165) is 12.6 Å². The van der Waals surface area contributed by atoms with Crippen LogP contribution >= 0.6 is 11.6 Å². The summed E-state index contributed by atoms with van der Waals surface area (Å²) in [5.74, 6) is 0.649. The smallest absolute Gasteiger partial charge is 0.321 e. The van der Waals surface area contributed by atoms with Gasteiger partial charge < -0.3 is 14.6 Å². The SMILES string of the molecule is C#Cc1cc(Cl)c2cc(C(=O)N[C@H](C)c3ccc(S(=O)(=O)CC(=O)OC)cc3)n(C)c2c1. The van der Waals surface area contributed by atoms with Gasteiger partial charge in [-0.2, -0.15) is 0 Å². The van der Waals surface area contributed by atoms with Gasteiger partial charge in [-0.25, -0.2) is 8.42 Å². The van der Waals surface area contributed by atoms with Crippen LogP contribution in [0.25, 0.3) is 10.9 Å². The first-order valence-corrected chi connectivity index (χ1v) is 11.6. The maximum Gasteiger partial charge on any atom is 0.321 e. The van der Waals surface area contributed by atoms with E-state index in [4.69, 9.17) is 18.0 Å². The highest BCUT2D eigenvalue weighted by molar-refractivity contribution is 7.92. The zero-order chi connectivity index (χ0) is 23.6. The zero-order valence-electron chi connectivity index (χ0n) is 17.7. The summed E-state index contributed by atoms with van der Waals surface area (Å²) < 4.78 is 30.6. The number of ether oxygens (including phenoxy) is 1. The van der Waals surface area contributed by atoms with Gasteiger partial charge in [-0.1, -0.05) is 29.7 Å². The molecule has 32 heavy (non-hydrogen) atoms. The number of fused-ring (bicyclic) bond motifs is 1. The molecule has 1 N–H and O–H groups in total. The molecule has 0 bridgehead atoms. The first-order chi connectivity index (χ1) is 15.1. The van der Waals surface area contributed by atoms with Gasteiger partial charge in [-0.15, -0.1) is 6.42 Å². The standard InChI is InChI=1S/C23H21ClN2O5S/c1-5-15-10-19(24)18-12-21(26(3)20(18)11-15)23(28)25-14(2)16-6-8-17(9-7-16)32(29,30)13-22(27)31-4/h1,6-12,14H,13H2,2-4H3,(H,25,28)/t14-/m1/s1. The molecule has 166 valence electrons. The molecule has 2 aromatic carbocycles. The van der Waals surface area contributed by atoms with Gasteiger partial charge in [0.2, 0.25) is 0 Å². The number of esters is 1. The van der Waals surface area contributed by atoms with Gasteiger partial charge in [0.15, 0.2) is 15.6 Å². The fourth-order valence-electron chi connectivity index (χ4n) is 3.30. The first kappa shape index (κ1) is 23.4. The van der Waals surface area contributed by atoms with Crippen molar-refractivity contribution in [3.63, 3.8) is 0 Å². The summed E-state index contributed by atoms with van der Waals surface area (Å²) in [6.07, 6.45) is 5.47. The molecule has 0 saturated carbocycles. The minimum atomic E-state index is -3.80. The van der Waals surface area contributed by atoms with E-state index in [9.17, 15) is 18.0 Å². The number of sulfone groups is 1. The predicted molar refractivity (Wildman–Crippen MR) is 122 cm³/mol. The van der Waals surface area contributed by atoms with E-state index in [-0.39, 0.29) is 10.8 Å². The molecular weight excluding hydrogens is 452 g/mol. The third-order valence-electron chi connectivity index (χ3n) is 5.13. The Morgan fingerprint density at radius 3 is 2.47 bits per heavy atom. The van der Waals surface area contributed by atoms with Crippen LogP contribution in [0.15, 0.2) is 47.4 Å². The summed E-state index contributed by atoms with van der Waals surface area (Å²) in [6, 6.07) is 10.7. The molecule has 1 aromatic heterocycles. The highest BCUT2D eigenvalue weighted by Crippen LogP contribution is 2.28. The Labute approximate surface area is 191 Å². The molecule has 0 aliphatic rings. The number of carbonyl (C=O) groups is 2. The Hall–Kier alpha value is -3.28. The highest BCUT2D eigenvalue weighted by atomic mass is 35.5. The van der Waals surface area contributed by atoms with Crippen LogP contribution in [0.2, 0.25) is 5.02 Å². The lowest BCUT2D eigenvalue weighted by Crippen LogP contribution is -2.28. The maximum absolute atomic E-state index is 12.9. The summed E-state index contributed by atoms with van der Waals surface area (Å²) >= 11 is 6.31. The molecule has 0 unspecified atom stereocenters. The normalized spacial score (nSPS) is 12.2. The fraction of sp³-hybridized carbons (Fsp3) is 0.217. The van der Waals surface area contributed by atoms with E-state index in [1.807, 2.05) is 0 Å². The number of methoxy groups -OCH3 is 1. The average molecular weight is 473 g/mol. The second-order valence-electron chi connectivity index (χ2n) is 7.22. The summed E-state index contributed by atoms with van der Waals surface area (Å²) in [4.78, 5) is 24.2. The van der Waals surface area contributed by atoms with Crippen LogP contribution in [0.3, 0.4) is 0 Å². The van der Waals surface area contributed by atoms with E-state index >= 15 is 0 Å². The zero-order valence-corrected chi connectivity index (χ0v) is 19.3. The van der Waals surface area contributed by atoms with Gasteiger partial charge in [0.25, 0.3) is 5.91 Å². The molecule has 1 amide bonds. The highest BCUT2D eigenvalue weighted by Gasteiger charge is 2.21. The Balaban J connectivity index is 1.80. The summed E-state index contributed by atoms with van der Waals surface area (Å²) in [6.45, 7) is 1.78. The Bertz CT molecular complexity index is 1350. The van der Waals surface area contributed by atoms with Crippen molar-refractivity contribution >= 4 is 44.2 Å². The Kier molecular flexibility index (Phi) is 6.63. The largest absolute Gasteiger partial charge is 0.468 e. The van der Waals surface area contributed by atoms with Crippen molar-refractivity contribution in [2.24, 2.45) is 7.05 Å². The molecule has 0 aliphatic heterocycles. The van der Waals surface area contributed by atoms with E-state index in [2.05, 4.69) is 16.0 Å². The number of amides is 1. The van der Waals surface area contributed by atoms with Gasteiger partial charge in [-0.05, 0) is 42.8 Å². The number of rotatable bonds is 6. The molecule has 0 saturated heterocycles. The molecular formula is C23H21ClN2O5S. The monoisotopic (exact) mass is 472 g/mol. The maximum atomic E-state index is 12.9. The number of terminal acetylenes is 1. The van der Waals surface area contributed by atoms with Crippen LogP contribution in [0.4, 0.5) is 0 Å². The molecule has 9 heteroatoms. The van der Waals surface area contributed by atoms with Crippen molar-refractivity contribution in [1.29, 1.82) is 0 Å². The van der Waals surface area contributed by atoms with Crippen LogP contribution < -0.4 is 5.32 Å². The topological polar surface area (TPSA) is 94.5 Å². The van der Waals surface area contributed by atoms with Crippen molar-refractivity contribution in [3.05, 3.63) is 64.3 Å². The lowest BCUT2D eigenvalue weighted by Gasteiger charge is -2.15. The van der Waals surface area contributed by atoms with E-state index in [0.29, 0.717) is 27.2 Å². The summed E-state index contributed by atoms with van der Waals surface area (Å²) in [5.41, 5.74) is 2.46. The first-order valence-electron chi connectivity index (χ1n) is 9.53. The predicted octanol–water partition coefficient (Wildman–Crippen LogP) is 3.25. The molecule has 1 heterocycles. The van der Waals surface area contributed by atoms with Crippen LogP contribution in [0, 0.1) is 12.3 Å². The Morgan fingerprint density at radius 1 is 1.22 bits per heavy atom. The van der Waals surface area contributed by atoms with E-state index < -0.39 is 27.6 Å². The second kappa shape index (κ2) is 9.07. The molecule has 0 spiro atoms. The van der Waals surface area contributed by atoms with Gasteiger partial charge in [0.05, 0.1) is 28.6 Å². The minimum Gasteiger partial charge on any atom is -0.468 e. The van der Waals surface area contributed by atoms with Gasteiger partial charge in [-0.3, -0.25) is 9.59 Å². The van der Waals surface area contributed by atoms with Crippen LogP contribution in [0.1, 0.15) is 34.6 Å². The summed E-state index contributed by atoms with van der Waals surface area (Å²) in [7, 11) is -0.925. The number of aromatic nitrogens is 1. The molecule has 0 radical (unpaired) electrons. The third-order valence-corrected chi connectivity index (χ3v) is 7.05. The molecule has 3 rings (SSSR count). The number of nitrogens with zero attached hydrogens (tertiary/aromatic N) is 1. The van der Waals surface area contributed by atoms with Crippen LogP contribution in [-0.4, -0.2) is 37.7 Å². The van der Waals surface area contributed by atoms with Crippen molar-refractivity contribution in [3.8, 4) is 12.3 Å². The van der Waals surface area contributed by atoms with Crippen molar-refractivity contribution in [1.82, 2.24) is 9.88 Å². The van der Waals surface area contributed by atoms with Gasteiger partial charge >= 0.3 is 5.97 Å². The fourth-order valence-corrected chi connectivity index (χ4v) is 4.72. The lowest BCUT2D eigenvalue weighted by atomic mass is 10.1. The molecule has 1 atom stereocenters. The minimum absolute atomic E-state index is 0.00202. The third kappa shape index (κ3) is 4.64. The molecule has 7 nitrogen and oxygen atoms in total. The number of nitrogens with one attached hydrogen (secondary N) is 1. The van der Waals surface area contributed by atoms with Crippen LogP contribution in [0.5, 0.6) is 0 Å². The number of carbonyl (C=O) groups excluding carboxylic acids is 2. The van der Waals surface area contributed by atoms with Crippen molar-refractivity contribution in [2.45, 2.75) is 17.9 Å². The average Bonchev–Trinajstić information content (AvgIpc) is 3.10. The van der Waals surface area contributed by atoms with Gasteiger partial charge in [0.1, 0.15) is 5.69 Å². The lowest BCUT2D eigenvalue weighted by molar-refractivity contribution is -0.137. The number of benzene rings is 2. The van der Waals surface area contributed by atoms with Crippen molar-refractivity contribution < 1.29 is 22.7 Å². The molecule has 0 fully saturated rings. The number of halogens is 1. The summed E-state index contributed by atoms with van der Waals surface area (Å²) in [5, 5.41) is 4.07. The molecule has 3 aromatic rings. The Morgan fingerprint density at radius 2 is 1.88 bits per heavy atom. The number of hydrogen-bond acceptors (Lipinski definition) is 5.